The fourth-order valence-corrected chi connectivity index (χ4v) is 3.22. The van der Waals surface area contributed by atoms with Gasteiger partial charge in [-0.25, -0.2) is 8.78 Å². The monoisotopic (exact) mass is 270 g/mol. The fraction of sp³-hybridized carbons (Fsp3) is 0.467. The number of halogens is 3. The number of rotatable bonds is 2. The molecule has 0 fully saturated rings. The van der Waals surface area contributed by atoms with E-state index in [-0.39, 0.29) is 10.8 Å². The van der Waals surface area contributed by atoms with Gasteiger partial charge in [-0.3, -0.25) is 0 Å². The minimum atomic E-state index is -0.538. The molecule has 0 amide bonds. The molecule has 0 heterocycles. The molecule has 0 nitrogen and oxygen atoms in total. The van der Waals surface area contributed by atoms with Crippen molar-refractivity contribution in [3.05, 3.63) is 47.0 Å². The Morgan fingerprint density at radius 3 is 2.67 bits per heavy atom. The van der Waals surface area contributed by atoms with Crippen molar-refractivity contribution in [1.82, 2.24) is 0 Å². The minimum absolute atomic E-state index is 0.00672. The average Bonchev–Trinajstić information content (AvgIpc) is 2.19. The molecule has 0 saturated carbocycles. The molecule has 3 heteroatoms. The van der Waals surface area contributed by atoms with Crippen LogP contribution in [-0.4, -0.2) is 5.38 Å². The van der Waals surface area contributed by atoms with Crippen LogP contribution in [0.4, 0.5) is 8.78 Å². The lowest BCUT2D eigenvalue weighted by Crippen LogP contribution is -2.23. The van der Waals surface area contributed by atoms with Gasteiger partial charge in [0.25, 0.3) is 0 Å². The number of benzene rings is 1. The van der Waals surface area contributed by atoms with Crippen LogP contribution in [0.2, 0.25) is 0 Å². The van der Waals surface area contributed by atoms with Crippen LogP contribution >= 0.6 is 11.6 Å². The number of hydrogen-bond donors (Lipinski definition) is 0. The van der Waals surface area contributed by atoms with Gasteiger partial charge in [0.15, 0.2) is 0 Å². The zero-order valence-corrected chi connectivity index (χ0v) is 11.4. The third kappa shape index (κ3) is 3.32. The van der Waals surface area contributed by atoms with Gasteiger partial charge < -0.3 is 0 Å². The molecule has 98 valence electrons. The summed E-state index contributed by atoms with van der Waals surface area (Å²) in [5, 5.41) is 0.00672. The van der Waals surface area contributed by atoms with Crippen molar-refractivity contribution in [2.45, 2.75) is 38.5 Å². The van der Waals surface area contributed by atoms with Crippen molar-refractivity contribution < 1.29 is 8.78 Å². The first-order valence-corrected chi connectivity index (χ1v) is 6.57. The Morgan fingerprint density at radius 2 is 2.06 bits per heavy atom. The fourth-order valence-electron chi connectivity index (χ4n) is 2.62. The molecule has 0 aromatic heterocycles. The second-order valence-electron chi connectivity index (χ2n) is 5.80. The van der Waals surface area contributed by atoms with E-state index in [9.17, 15) is 8.78 Å². The number of hydrogen-bond acceptors (Lipinski definition) is 0. The summed E-state index contributed by atoms with van der Waals surface area (Å²) in [7, 11) is 0. The Labute approximate surface area is 112 Å². The molecule has 0 bridgehead atoms. The molecule has 0 N–H and O–H groups in total. The van der Waals surface area contributed by atoms with Crippen LogP contribution in [0, 0.1) is 17.0 Å². The molecule has 1 unspecified atom stereocenters. The van der Waals surface area contributed by atoms with Crippen LogP contribution in [-0.2, 0) is 6.42 Å². The Bertz CT molecular complexity index is 477. The molecule has 0 spiro atoms. The maximum atomic E-state index is 13.6. The van der Waals surface area contributed by atoms with Gasteiger partial charge in [-0.15, -0.1) is 11.6 Å². The van der Waals surface area contributed by atoms with E-state index in [2.05, 4.69) is 13.8 Å². The van der Waals surface area contributed by atoms with Gasteiger partial charge >= 0.3 is 0 Å². The zero-order chi connectivity index (χ0) is 13.3. The topological polar surface area (TPSA) is 0 Å². The summed E-state index contributed by atoms with van der Waals surface area (Å²) in [5.74, 6) is -1.02. The molecule has 1 aliphatic rings. The van der Waals surface area contributed by atoms with Gasteiger partial charge in [-0.2, -0.15) is 0 Å². The van der Waals surface area contributed by atoms with E-state index in [4.69, 9.17) is 11.6 Å². The van der Waals surface area contributed by atoms with Crippen LogP contribution in [0.25, 0.3) is 0 Å². The van der Waals surface area contributed by atoms with Gasteiger partial charge in [0.2, 0.25) is 0 Å². The first-order valence-electron chi connectivity index (χ1n) is 6.13. The lowest BCUT2D eigenvalue weighted by molar-refractivity contribution is 0.320. The molecule has 0 radical (unpaired) electrons. The Kier molecular flexibility index (Phi) is 3.76. The Hall–Kier alpha value is -0.890. The normalized spacial score (nSPS) is 22.7. The van der Waals surface area contributed by atoms with Crippen LogP contribution < -0.4 is 0 Å². The van der Waals surface area contributed by atoms with Crippen molar-refractivity contribution in [3.8, 4) is 0 Å². The van der Waals surface area contributed by atoms with Crippen molar-refractivity contribution in [2.75, 3.05) is 0 Å². The van der Waals surface area contributed by atoms with Crippen molar-refractivity contribution >= 4 is 11.6 Å². The summed E-state index contributed by atoms with van der Waals surface area (Å²) in [6.07, 6.45) is 4.37. The second-order valence-corrected chi connectivity index (χ2v) is 6.36. The highest BCUT2D eigenvalue weighted by atomic mass is 35.5. The first-order chi connectivity index (χ1) is 8.35. The van der Waals surface area contributed by atoms with E-state index < -0.39 is 11.6 Å². The maximum Gasteiger partial charge on any atom is 0.129 e. The summed E-state index contributed by atoms with van der Waals surface area (Å²) in [4.78, 5) is 0. The molecule has 0 aliphatic heterocycles. The molecule has 2 rings (SSSR count). The van der Waals surface area contributed by atoms with Crippen LogP contribution in [0.15, 0.2) is 29.8 Å². The van der Waals surface area contributed by atoms with E-state index in [1.165, 1.54) is 12.1 Å². The predicted octanol–water partition coefficient (Wildman–Crippen LogP) is 4.86. The highest BCUT2D eigenvalue weighted by molar-refractivity contribution is 6.21. The molecule has 1 aliphatic carbocycles. The quantitative estimate of drug-likeness (QED) is 0.532. The molecule has 1 aromatic rings. The minimum Gasteiger partial charge on any atom is -0.207 e. The standard InChI is InChI=1S/C15H17ClF2/c1-15(2)8-10(6-12(16)9-15)5-11-3-4-13(17)7-14(11)18/h3-4,6-7,12H,5,8-9H2,1-2H3. The predicted molar refractivity (Wildman–Crippen MR) is 70.8 cm³/mol. The van der Waals surface area contributed by atoms with Gasteiger partial charge in [0.1, 0.15) is 11.6 Å². The van der Waals surface area contributed by atoms with Crippen LogP contribution in [0.3, 0.4) is 0 Å². The molecule has 0 saturated heterocycles. The summed E-state index contributed by atoms with van der Waals surface area (Å²) in [6, 6.07) is 3.74. The highest BCUT2D eigenvalue weighted by Gasteiger charge is 2.27. The van der Waals surface area contributed by atoms with Gasteiger partial charge in [0.05, 0.1) is 5.38 Å². The number of alkyl halides is 1. The largest absolute Gasteiger partial charge is 0.207 e. The molecule has 18 heavy (non-hydrogen) atoms. The smallest absolute Gasteiger partial charge is 0.129 e. The summed E-state index contributed by atoms with van der Waals surface area (Å²) < 4.78 is 26.4. The molecular formula is C15H17ClF2. The maximum absolute atomic E-state index is 13.6. The van der Waals surface area contributed by atoms with E-state index >= 15 is 0 Å². The van der Waals surface area contributed by atoms with Gasteiger partial charge in [-0.1, -0.05) is 31.6 Å². The molecule has 1 aromatic carbocycles. The zero-order valence-electron chi connectivity index (χ0n) is 10.6. The van der Waals surface area contributed by atoms with E-state index in [1.807, 2.05) is 6.08 Å². The van der Waals surface area contributed by atoms with Crippen molar-refractivity contribution in [3.63, 3.8) is 0 Å². The van der Waals surface area contributed by atoms with Crippen molar-refractivity contribution in [2.24, 2.45) is 5.41 Å². The van der Waals surface area contributed by atoms with Gasteiger partial charge in [0, 0.05) is 6.07 Å². The van der Waals surface area contributed by atoms with E-state index in [1.54, 1.807) is 0 Å². The third-order valence-electron chi connectivity index (χ3n) is 3.30. The Balaban J connectivity index is 2.18. The van der Waals surface area contributed by atoms with Crippen LogP contribution in [0.5, 0.6) is 0 Å². The van der Waals surface area contributed by atoms with Gasteiger partial charge in [-0.05, 0) is 36.3 Å². The number of allylic oxidation sites excluding steroid dienone is 2. The second kappa shape index (κ2) is 5.00. The Morgan fingerprint density at radius 1 is 1.33 bits per heavy atom. The van der Waals surface area contributed by atoms with E-state index in [0.717, 1.165) is 24.5 Å². The summed E-state index contributed by atoms with van der Waals surface area (Å²) in [6.45, 7) is 4.33. The van der Waals surface area contributed by atoms with Crippen molar-refractivity contribution in [1.29, 1.82) is 0 Å². The molecular weight excluding hydrogens is 254 g/mol. The first kappa shape index (κ1) is 13.5. The lowest BCUT2D eigenvalue weighted by Gasteiger charge is -2.32. The lowest BCUT2D eigenvalue weighted by atomic mass is 9.76. The average molecular weight is 271 g/mol. The highest BCUT2D eigenvalue weighted by Crippen LogP contribution is 2.38. The third-order valence-corrected chi connectivity index (χ3v) is 3.58. The van der Waals surface area contributed by atoms with E-state index in [0.29, 0.717) is 12.0 Å². The summed E-state index contributed by atoms with van der Waals surface area (Å²) >= 11 is 6.20. The SMILES string of the molecule is CC1(C)CC(Cc2ccc(F)cc2F)=CC(Cl)C1. The summed E-state index contributed by atoms with van der Waals surface area (Å²) in [5.41, 5.74) is 1.81. The molecule has 1 atom stereocenters. The van der Waals surface area contributed by atoms with Crippen LogP contribution in [0.1, 0.15) is 32.3 Å².